The number of nitrogens with zero attached hydrogens (tertiary/aromatic N) is 3. The Labute approximate surface area is 371 Å². The smallest absolute Gasteiger partial charge is 0.149 e. The van der Waals surface area contributed by atoms with Crippen molar-refractivity contribution in [2.24, 2.45) is 0 Å². The fourth-order valence-corrected chi connectivity index (χ4v) is 7.74. The molecule has 0 radical (unpaired) electrons. The van der Waals surface area contributed by atoms with Gasteiger partial charge in [0.05, 0.1) is 37.6 Å². The summed E-state index contributed by atoms with van der Waals surface area (Å²) in [6.45, 7) is 4.26. The normalized spacial score (nSPS) is 15.2. The van der Waals surface area contributed by atoms with Crippen molar-refractivity contribution < 1.29 is 22.9 Å². The standard InChI is InChI=1S/C56H49N3O/c1-35-21-23-39(24-22-35)42-25-26-57-50(33-42)44-30-43(31-45(32-44)56(5,6)7)46-19-14-20-51-53(46)58-55(49-28-36(2)27-38(4)54(49)60)59(51)52-34-47(40-15-10-8-11-16-40)37(3)29-48(52)41-17-12-9-13-18-41/h8-34,60H,1-7H3/i1D3,3D3,21D,22D,23D,24D,25D,26D,33D. The fourth-order valence-electron chi connectivity index (χ4n) is 7.74. The van der Waals surface area contributed by atoms with Gasteiger partial charge in [-0.05, 0) is 137 Å². The summed E-state index contributed by atoms with van der Waals surface area (Å²) in [6, 6.07) is 33.1. The first kappa shape index (κ1) is 26.1. The zero-order valence-corrected chi connectivity index (χ0v) is 33.8. The molecule has 9 rings (SSSR count). The minimum Gasteiger partial charge on any atom is -0.507 e. The molecule has 294 valence electrons. The van der Waals surface area contributed by atoms with Crippen molar-refractivity contribution in [1.29, 1.82) is 0 Å². The van der Waals surface area contributed by atoms with Crippen LogP contribution >= 0.6 is 0 Å². The molecule has 0 spiro atoms. The van der Waals surface area contributed by atoms with Gasteiger partial charge in [-0.1, -0.05) is 135 Å². The summed E-state index contributed by atoms with van der Waals surface area (Å²) in [5, 5.41) is 12.0. The van der Waals surface area contributed by atoms with Crippen LogP contribution in [0.25, 0.3) is 83.9 Å². The van der Waals surface area contributed by atoms with E-state index >= 15 is 0 Å². The van der Waals surface area contributed by atoms with E-state index in [1.165, 1.54) is 0 Å². The van der Waals surface area contributed by atoms with Crippen LogP contribution in [0.5, 0.6) is 5.75 Å². The number of phenolic OH excluding ortho intramolecular Hbond substituents is 1. The lowest BCUT2D eigenvalue weighted by atomic mass is 9.83. The third-order valence-corrected chi connectivity index (χ3v) is 10.8. The summed E-state index contributed by atoms with van der Waals surface area (Å²) in [6.07, 6.45) is -0.604. The van der Waals surface area contributed by atoms with Gasteiger partial charge in [0, 0.05) is 31.1 Å². The zero-order valence-electron chi connectivity index (χ0n) is 46.8. The molecule has 0 unspecified atom stereocenters. The van der Waals surface area contributed by atoms with E-state index in [1.807, 2.05) is 148 Å². The number of aromatic hydroxyl groups is 1. The van der Waals surface area contributed by atoms with Crippen LogP contribution in [0.3, 0.4) is 0 Å². The molecule has 0 fully saturated rings. The van der Waals surface area contributed by atoms with Gasteiger partial charge in [-0.25, -0.2) is 4.98 Å². The van der Waals surface area contributed by atoms with Gasteiger partial charge in [-0.2, -0.15) is 0 Å². The van der Waals surface area contributed by atoms with E-state index in [1.54, 1.807) is 12.1 Å². The highest BCUT2D eigenvalue weighted by Crippen LogP contribution is 2.44. The molecule has 0 saturated heterocycles. The number of rotatable bonds is 7. The van der Waals surface area contributed by atoms with Crippen molar-refractivity contribution in [3.8, 4) is 78.6 Å². The number of fused-ring (bicyclic) bond motifs is 1. The van der Waals surface area contributed by atoms with E-state index in [9.17, 15) is 6.48 Å². The lowest BCUT2D eigenvalue weighted by Crippen LogP contribution is -2.11. The number of aromatic nitrogens is 3. The van der Waals surface area contributed by atoms with Crippen molar-refractivity contribution in [1.82, 2.24) is 14.5 Å². The minimum atomic E-state index is -2.99. The van der Waals surface area contributed by atoms with Crippen LogP contribution in [0.15, 0.2) is 164 Å². The van der Waals surface area contributed by atoms with Gasteiger partial charge in [0.1, 0.15) is 11.6 Å². The van der Waals surface area contributed by atoms with Crippen LogP contribution in [-0.4, -0.2) is 19.6 Å². The highest BCUT2D eigenvalue weighted by molar-refractivity contribution is 5.98. The Hall–Kier alpha value is -7.04. The molecular formula is C56H49N3O. The lowest BCUT2D eigenvalue weighted by Gasteiger charge is -2.22. The van der Waals surface area contributed by atoms with E-state index < -0.39 is 78.2 Å². The lowest BCUT2D eigenvalue weighted by molar-refractivity contribution is 0.472. The Balaban J connectivity index is 1.37. The summed E-state index contributed by atoms with van der Waals surface area (Å²) in [5.41, 5.74) is 6.29. The zero-order chi connectivity index (χ0) is 52.8. The van der Waals surface area contributed by atoms with E-state index in [4.69, 9.17) is 21.4 Å². The Bertz CT molecular complexity index is 3660. The van der Waals surface area contributed by atoms with Gasteiger partial charge in [-0.3, -0.25) is 9.55 Å². The topological polar surface area (TPSA) is 50.9 Å². The number of hydrogen-bond acceptors (Lipinski definition) is 3. The molecule has 0 saturated carbocycles. The highest BCUT2D eigenvalue weighted by atomic mass is 16.3. The highest BCUT2D eigenvalue weighted by Gasteiger charge is 2.25. The van der Waals surface area contributed by atoms with Crippen molar-refractivity contribution in [3.63, 3.8) is 0 Å². The van der Waals surface area contributed by atoms with Gasteiger partial charge >= 0.3 is 0 Å². The molecule has 0 aliphatic rings. The SMILES string of the molecule is [2H]c1nc(-c2cc(-c3cccc4c3nc(-c3cc(C)cc(C)c3O)n4-c3cc(-c4ccccc4)c(C([2H])([2H])[2H])cc3-c3ccccc3)cc(C(C)(C)C)c2)c([2H])c(-c2c([2H])c([2H])c(C([2H])([2H])[2H])c([2H])c2[2H])c1[2H]. The molecule has 4 heteroatoms. The maximum atomic E-state index is 12.0. The Morgan fingerprint density at radius 3 is 2.00 bits per heavy atom. The number of imidazole rings is 1. The first-order valence-electron chi connectivity index (χ1n) is 26.1. The second-order valence-corrected chi connectivity index (χ2v) is 16.1. The van der Waals surface area contributed by atoms with Gasteiger partial charge < -0.3 is 5.11 Å². The van der Waals surface area contributed by atoms with Crippen LogP contribution in [0.4, 0.5) is 0 Å². The van der Waals surface area contributed by atoms with Gasteiger partial charge in [0.15, 0.2) is 0 Å². The molecule has 0 aliphatic heterocycles. The predicted molar refractivity (Wildman–Crippen MR) is 251 cm³/mol. The second-order valence-electron chi connectivity index (χ2n) is 16.1. The summed E-state index contributed by atoms with van der Waals surface area (Å²) in [7, 11) is 0. The van der Waals surface area contributed by atoms with E-state index in [0.29, 0.717) is 67.1 Å². The van der Waals surface area contributed by atoms with Crippen LogP contribution in [0.1, 0.15) is 66.4 Å². The number of hydrogen-bond donors (Lipinski definition) is 1. The van der Waals surface area contributed by atoms with Gasteiger partial charge in [0.2, 0.25) is 0 Å². The fraction of sp³-hybridized carbons (Fsp3) is 0.143. The Morgan fingerprint density at radius 2 is 1.30 bits per heavy atom. The summed E-state index contributed by atoms with van der Waals surface area (Å²) in [4.78, 5) is 9.83. The van der Waals surface area contributed by atoms with Crippen molar-refractivity contribution >= 4 is 11.0 Å². The number of aryl methyl sites for hydroxylation is 3. The summed E-state index contributed by atoms with van der Waals surface area (Å²) < 4.78 is 114. The average Bonchev–Trinajstić information content (AvgIpc) is 3.73. The molecule has 7 aromatic carbocycles. The van der Waals surface area contributed by atoms with Gasteiger partial charge in [-0.15, -0.1) is 0 Å². The molecule has 0 bridgehead atoms. The predicted octanol–water partition coefficient (Wildman–Crippen LogP) is 14.7. The monoisotopic (exact) mass is 792 g/mol. The van der Waals surface area contributed by atoms with Crippen LogP contribution < -0.4 is 0 Å². The second kappa shape index (κ2) is 15.3. The van der Waals surface area contributed by atoms with Gasteiger partial charge in [0.25, 0.3) is 0 Å². The minimum absolute atomic E-state index is 0.00747. The average molecular weight is 793 g/mol. The quantitative estimate of drug-likeness (QED) is 0.175. The van der Waals surface area contributed by atoms with Crippen molar-refractivity contribution in [2.45, 2.75) is 53.7 Å². The molecule has 0 amide bonds. The summed E-state index contributed by atoms with van der Waals surface area (Å²) >= 11 is 0. The summed E-state index contributed by atoms with van der Waals surface area (Å²) in [5.74, 6) is 0.374. The molecule has 2 heterocycles. The first-order chi connectivity index (χ1) is 34.3. The van der Waals surface area contributed by atoms with E-state index in [0.717, 1.165) is 16.7 Å². The molecule has 2 aromatic heterocycles. The Morgan fingerprint density at radius 1 is 0.583 bits per heavy atom. The molecule has 9 aromatic rings. The Kier molecular flexibility index (Phi) is 6.66. The van der Waals surface area contributed by atoms with Crippen molar-refractivity contribution in [2.75, 3.05) is 0 Å². The molecule has 60 heavy (non-hydrogen) atoms. The maximum absolute atomic E-state index is 12.0. The molecule has 4 nitrogen and oxygen atoms in total. The third-order valence-electron chi connectivity index (χ3n) is 10.8. The van der Waals surface area contributed by atoms with Crippen LogP contribution in [0, 0.1) is 27.6 Å². The number of benzene rings is 7. The van der Waals surface area contributed by atoms with Crippen LogP contribution in [-0.2, 0) is 5.41 Å². The molecule has 0 aliphatic carbocycles. The van der Waals surface area contributed by atoms with Crippen LogP contribution in [0.2, 0.25) is 0 Å². The maximum Gasteiger partial charge on any atom is 0.149 e. The molecular weight excluding hydrogens is 731 g/mol. The van der Waals surface area contributed by atoms with E-state index in [-0.39, 0.29) is 17.0 Å². The first-order valence-corrected chi connectivity index (χ1v) is 19.6. The molecule has 1 N–H and O–H groups in total. The van der Waals surface area contributed by atoms with Crippen molar-refractivity contribution in [3.05, 3.63) is 192 Å². The largest absolute Gasteiger partial charge is 0.507 e. The number of para-hydroxylation sites is 1. The number of pyridine rings is 1. The van der Waals surface area contributed by atoms with E-state index in [2.05, 4.69) is 4.98 Å². The molecule has 0 atom stereocenters. The third kappa shape index (κ3) is 7.20. The number of phenols is 1.